The molecule has 0 saturated carbocycles. The van der Waals surface area contributed by atoms with E-state index < -0.39 is 23.6 Å². The Morgan fingerprint density at radius 2 is 2.00 bits per heavy atom. The lowest BCUT2D eigenvalue weighted by Gasteiger charge is -2.30. The summed E-state index contributed by atoms with van der Waals surface area (Å²) < 4.78 is 32.0. The van der Waals surface area contributed by atoms with Gasteiger partial charge in [0.1, 0.15) is 17.4 Å². The topological polar surface area (TPSA) is 58.6 Å². The fourth-order valence-electron chi connectivity index (χ4n) is 2.64. The number of nitrogens with zero attached hydrogens (tertiary/aromatic N) is 1. The predicted octanol–water partition coefficient (Wildman–Crippen LogP) is 2.89. The molecule has 0 aliphatic carbocycles. The van der Waals surface area contributed by atoms with Crippen molar-refractivity contribution < 1.29 is 23.1 Å². The lowest BCUT2D eigenvalue weighted by molar-refractivity contribution is -0.125. The van der Waals surface area contributed by atoms with Gasteiger partial charge in [0.25, 0.3) is 5.91 Å². The molecule has 1 unspecified atom stereocenters. The second-order valence-electron chi connectivity index (χ2n) is 5.81. The number of anilines is 2. The first kappa shape index (κ1) is 16.9. The molecule has 1 atom stereocenters. The fraction of sp³-hybridized carbons (Fsp3) is 0.222. The minimum atomic E-state index is -0.841. The van der Waals surface area contributed by atoms with Crippen LogP contribution in [0.3, 0.4) is 0 Å². The molecule has 0 radical (unpaired) electrons. The van der Waals surface area contributed by atoms with E-state index in [1.165, 1.54) is 4.90 Å². The largest absolute Gasteiger partial charge is 0.479 e. The third-order valence-electron chi connectivity index (χ3n) is 3.94. The van der Waals surface area contributed by atoms with Crippen molar-refractivity contribution in [3.05, 3.63) is 53.6 Å². The highest BCUT2D eigenvalue weighted by atomic mass is 19.1. The molecule has 1 aliphatic rings. The average Bonchev–Trinajstić information content (AvgIpc) is 2.56. The molecule has 0 bridgehead atoms. The molecule has 2 aromatic carbocycles. The van der Waals surface area contributed by atoms with Crippen molar-refractivity contribution in [3.63, 3.8) is 0 Å². The second kappa shape index (κ2) is 6.51. The summed E-state index contributed by atoms with van der Waals surface area (Å²) in [4.78, 5) is 25.6. The molecule has 1 heterocycles. The van der Waals surface area contributed by atoms with E-state index >= 15 is 0 Å². The Kier molecular flexibility index (Phi) is 4.39. The van der Waals surface area contributed by atoms with Gasteiger partial charge in [-0.3, -0.25) is 9.59 Å². The average molecular weight is 346 g/mol. The SMILES string of the molecule is CC1Oc2ccc(CC(=O)Nc3ccc(F)cc3F)cc2N(C)C1=O. The van der Waals surface area contributed by atoms with Crippen LogP contribution in [0.2, 0.25) is 0 Å². The Bertz CT molecular complexity index is 854. The van der Waals surface area contributed by atoms with Crippen LogP contribution in [0, 0.1) is 11.6 Å². The number of benzene rings is 2. The van der Waals surface area contributed by atoms with Gasteiger partial charge in [0.2, 0.25) is 5.91 Å². The lowest BCUT2D eigenvalue weighted by Crippen LogP contribution is -2.42. The van der Waals surface area contributed by atoms with Crippen LogP contribution < -0.4 is 15.0 Å². The lowest BCUT2D eigenvalue weighted by atomic mass is 10.1. The molecule has 0 saturated heterocycles. The Morgan fingerprint density at radius 3 is 2.72 bits per heavy atom. The number of hydrogen-bond donors (Lipinski definition) is 1. The summed E-state index contributed by atoms with van der Waals surface area (Å²) in [6.07, 6.45) is -0.588. The maximum absolute atomic E-state index is 13.6. The molecule has 0 fully saturated rings. The minimum Gasteiger partial charge on any atom is -0.479 e. The first-order chi connectivity index (χ1) is 11.8. The molecule has 0 spiro atoms. The first-order valence-corrected chi connectivity index (χ1v) is 7.67. The van der Waals surface area contributed by atoms with Crippen LogP contribution in [0.1, 0.15) is 12.5 Å². The van der Waals surface area contributed by atoms with Gasteiger partial charge in [0.15, 0.2) is 6.10 Å². The number of fused-ring (bicyclic) bond motifs is 1. The van der Waals surface area contributed by atoms with E-state index in [4.69, 9.17) is 4.74 Å². The van der Waals surface area contributed by atoms with Gasteiger partial charge in [-0.2, -0.15) is 0 Å². The highest BCUT2D eigenvalue weighted by Crippen LogP contribution is 2.34. The van der Waals surface area contributed by atoms with Crippen LogP contribution in [0.4, 0.5) is 20.2 Å². The normalized spacial score (nSPS) is 16.2. The zero-order valence-corrected chi connectivity index (χ0v) is 13.7. The van der Waals surface area contributed by atoms with Crippen molar-refractivity contribution in [2.24, 2.45) is 0 Å². The van der Waals surface area contributed by atoms with Crippen LogP contribution in [0.25, 0.3) is 0 Å². The zero-order chi connectivity index (χ0) is 18.1. The van der Waals surface area contributed by atoms with Gasteiger partial charge in [-0.15, -0.1) is 0 Å². The van der Waals surface area contributed by atoms with Crippen LogP contribution >= 0.6 is 0 Å². The summed E-state index contributed by atoms with van der Waals surface area (Å²) in [6, 6.07) is 8.01. The van der Waals surface area contributed by atoms with E-state index in [9.17, 15) is 18.4 Å². The maximum atomic E-state index is 13.6. The minimum absolute atomic E-state index is 0.0261. The second-order valence-corrected chi connectivity index (χ2v) is 5.81. The Morgan fingerprint density at radius 1 is 1.24 bits per heavy atom. The Hall–Kier alpha value is -2.96. The number of carbonyl (C=O) groups excluding carboxylic acids is 2. The van der Waals surface area contributed by atoms with Gasteiger partial charge in [-0.1, -0.05) is 6.07 Å². The molecule has 2 aromatic rings. The summed E-state index contributed by atoms with van der Waals surface area (Å²) in [6.45, 7) is 1.67. The monoisotopic (exact) mass is 346 g/mol. The summed E-state index contributed by atoms with van der Waals surface area (Å²) in [5.74, 6) is -1.63. The van der Waals surface area contributed by atoms with Gasteiger partial charge in [-0.05, 0) is 36.8 Å². The summed E-state index contributed by atoms with van der Waals surface area (Å²) in [5.41, 5.74) is 1.12. The van der Waals surface area contributed by atoms with Crippen molar-refractivity contribution >= 4 is 23.2 Å². The molecule has 5 nitrogen and oxygen atoms in total. The Labute approximate surface area is 143 Å². The van der Waals surface area contributed by atoms with Crippen LogP contribution in [-0.2, 0) is 16.0 Å². The van der Waals surface area contributed by atoms with Gasteiger partial charge in [0.05, 0.1) is 17.8 Å². The van der Waals surface area contributed by atoms with E-state index in [0.717, 1.165) is 12.1 Å². The number of halogens is 2. The third kappa shape index (κ3) is 3.45. The summed E-state index contributed by atoms with van der Waals surface area (Å²) in [5, 5.41) is 2.40. The first-order valence-electron chi connectivity index (χ1n) is 7.67. The smallest absolute Gasteiger partial charge is 0.267 e. The molecule has 7 heteroatoms. The summed E-state index contributed by atoms with van der Waals surface area (Å²) >= 11 is 0. The molecular formula is C18H16F2N2O3. The number of amides is 2. The number of rotatable bonds is 3. The molecule has 130 valence electrons. The molecular weight excluding hydrogens is 330 g/mol. The number of likely N-dealkylation sites (N-methyl/N-ethyl adjacent to an activating group) is 1. The number of nitrogens with one attached hydrogen (secondary N) is 1. The highest BCUT2D eigenvalue weighted by Gasteiger charge is 2.29. The Balaban J connectivity index is 1.75. The predicted molar refractivity (Wildman–Crippen MR) is 88.6 cm³/mol. The van der Waals surface area contributed by atoms with E-state index in [0.29, 0.717) is 23.1 Å². The fourth-order valence-corrected chi connectivity index (χ4v) is 2.64. The maximum Gasteiger partial charge on any atom is 0.267 e. The van der Waals surface area contributed by atoms with E-state index in [2.05, 4.69) is 5.32 Å². The van der Waals surface area contributed by atoms with Crippen molar-refractivity contribution in [2.45, 2.75) is 19.4 Å². The van der Waals surface area contributed by atoms with Crippen LogP contribution in [0.15, 0.2) is 36.4 Å². The van der Waals surface area contributed by atoms with E-state index in [1.807, 2.05) is 0 Å². The van der Waals surface area contributed by atoms with Gasteiger partial charge in [-0.25, -0.2) is 8.78 Å². The number of ether oxygens (including phenoxy) is 1. The molecule has 3 rings (SSSR count). The van der Waals surface area contributed by atoms with E-state index in [-0.39, 0.29) is 18.0 Å². The quantitative estimate of drug-likeness (QED) is 0.930. The molecule has 2 amide bonds. The van der Waals surface area contributed by atoms with Crippen molar-refractivity contribution in [2.75, 3.05) is 17.3 Å². The van der Waals surface area contributed by atoms with Crippen LogP contribution in [-0.4, -0.2) is 25.0 Å². The molecule has 1 aliphatic heterocycles. The van der Waals surface area contributed by atoms with Crippen LogP contribution in [0.5, 0.6) is 5.75 Å². The van der Waals surface area contributed by atoms with E-state index in [1.54, 1.807) is 32.2 Å². The number of hydrogen-bond acceptors (Lipinski definition) is 3. The van der Waals surface area contributed by atoms with Gasteiger partial charge in [0, 0.05) is 13.1 Å². The van der Waals surface area contributed by atoms with Gasteiger partial charge < -0.3 is 15.0 Å². The molecule has 0 aromatic heterocycles. The van der Waals surface area contributed by atoms with Crippen molar-refractivity contribution in [3.8, 4) is 5.75 Å². The van der Waals surface area contributed by atoms with Crippen molar-refractivity contribution in [1.29, 1.82) is 0 Å². The molecule has 1 N–H and O–H groups in total. The highest BCUT2D eigenvalue weighted by molar-refractivity contribution is 5.99. The number of carbonyl (C=O) groups is 2. The molecule has 25 heavy (non-hydrogen) atoms. The summed E-state index contributed by atoms with van der Waals surface area (Å²) in [7, 11) is 1.64. The van der Waals surface area contributed by atoms with Crippen molar-refractivity contribution in [1.82, 2.24) is 0 Å². The van der Waals surface area contributed by atoms with Gasteiger partial charge >= 0.3 is 0 Å². The standard InChI is InChI=1S/C18H16F2N2O3/c1-10-18(24)22(2)15-7-11(3-6-16(15)25-10)8-17(23)21-14-5-4-12(19)9-13(14)20/h3-7,9-10H,8H2,1-2H3,(H,21,23). The third-order valence-corrected chi connectivity index (χ3v) is 3.94. The zero-order valence-electron chi connectivity index (χ0n) is 13.7.